The number of nitrogens with zero attached hydrogens (tertiary/aromatic N) is 3. The second kappa shape index (κ2) is 25.9. The van der Waals surface area contributed by atoms with Crippen LogP contribution in [0.25, 0.3) is 94.3 Å². The van der Waals surface area contributed by atoms with Gasteiger partial charge in [0.25, 0.3) is 6.71 Å². The molecule has 0 bridgehead atoms. The first-order valence-electron chi connectivity index (χ1n) is 36.7. The molecule has 16 aromatic carbocycles. The highest BCUT2D eigenvalue weighted by molar-refractivity contribution is 7.20. The van der Waals surface area contributed by atoms with E-state index in [0.717, 1.165) is 106 Å². The molecule has 19 rings (SSSR count). The van der Waals surface area contributed by atoms with E-state index in [2.05, 4.69) is 429 Å². The van der Waals surface area contributed by atoms with Crippen molar-refractivity contribution in [1.82, 2.24) is 4.57 Å². The van der Waals surface area contributed by atoms with Gasteiger partial charge in [0.2, 0.25) is 0 Å². The molecular weight excluding hydrogens is 1280 g/mol. The minimum Gasteiger partial charge on any atom is -0.310 e. The Balaban J connectivity index is 0.999. The minimum atomic E-state index is -3.03. The van der Waals surface area contributed by atoms with Crippen molar-refractivity contribution in [3.8, 4) is 72.4 Å². The van der Waals surface area contributed by atoms with Gasteiger partial charge in [-0.1, -0.05) is 373 Å². The normalized spacial score (nSPS) is 12.5. The Morgan fingerprint density at radius 3 is 0.952 bits per heavy atom. The van der Waals surface area contributed by atoms with E-state index in [1.54, 1.807) is 0 Å². The molecule has 2 aliphatic rings. The van der Waals surface area contributed by atoms with Crippen LogP contribution in [0.2, 0.25) is 0 Å². The first-order valence-corrected chi connectivity index (χ1v) is 38.7. The summed E-state index contributed by atoms with van der Waals surface area (Å²) < 4.78 is 2.62. The van der Waals surface area contributed by atoms with Crippen LogP contribution in [0.15, 0.2) is 394 Å². The largest absolute Gasteiger partial charge is 0.310 e. The van der Waals surface area contributed by atoms with Gasteiger partial charge in [0.1, 0.15) is 0 Å². The summed E-state index contributed by atoms with van der Waals surface area (Å²) in [4.78, 5) is 5.37. The summed E-state index contributed by atoms with van der Waals surface area (Å²) in [5, 5.41) is 7.78. The lowest BCUT2D eigenvalue weighted by atomic mass is 9.33. The van der Waals surface area contributed by atoms with Crippen LogP contribution in [0, 0.1) is 0 Å². The van der Waals surface area contributed by atoms with E-state index in [1.807, 2.05) is 0 Å². The third-order valence-corrected chi connectivity index (χ3v) is 26.8. The van der Waals surface area contributed by atoms with Crippen molar-refractivity contribution < 1.29 is 0 Å². The fourth-order valence-corrected chi connectivity index (χ4v) is 22.0. The van der Waals surface area contributed by atoms with Crippen LogP contribution in [0.4, 0.5) is 34.1 Å². The zero-order valence-corrected chi connectivity index (χ0v) is 59.9. The van der Waals surface area contributed by atoms with E-state index >= 15 is 0 Å². The van der Waals surface area contributed by atoms with Crippen LogP contribution >= 0.6 is 0 Å². The van der Waals surface area contributed by atoms with Crippen molar-refractivity contribution in [2.24, 2.45) is 0 Å². The van der Waals surface area contributed by atoms with Crippen molar-refractivity contribution in [3.05, 3.63) is 400 Å². The zero-order valence-electron chi connectivity index (χ0n) is 58.9. The Labute approximate surface area is 616 Å². The molecule has 0 aliphatic carbocycles. The van der Waals surface area contributed by atoms with Gasteiger partial charge in [-0.05, 0) is 135 Å². The Hall–Kier alpha value is -12.8. The molecule has 0 amide bonds. The number of anilines is 6. The lowest BCUT2D eigenvalue weighted by molar-refractivity contribution is 0.591. The Morgan fingerprint density at radius 1 is 0.257 bits per heavy atom. The summed E-state index contributed by atoms with van der Waals surface area (Å²) in [6, 6.07) is 149. The first kappa shape index (κ1) is 63.1. The smallest absolute Gasteiger partial charge is 0.252 e. The van der Waals surface area contributed by atoms with E-state index < -0.39 is 8.07 Å². The summed E-state index contributed by atoms with van der Waals surface area (Å²) in [6.07, 6.45) is 0. The van der Waals surface area contributed by atoms with Crippen molar-refractivity contribution in [3.63, 3.8) is 0 Å². The summed E-state index contributed by atoms with van der Waals surface area (Å²) in [5.41, 5.74) is 28.6. The van der Waals surface area contributed by atoms with Gasteiger partial charge in [0, 0.05) is 55.8 Å². The van der Waals surface area contributed by atoms with Crippen LogP contribution in [0.1, 0.15) is 26.3 Å². The summed E-state index contributed by atoms with van der Waals surface area (Å²) >= 11 is 0. The van der Waals surface area contributed by atoms with Crippen molar-refractivity contribution in [1.29, 1.82) is 0 Å². The standard InChI is InChI=1S/C100H74BN3Si/c1-100(2,3)77-57-61-91-87(65-77)88-68-82(105(79-45-25-10-26-46-79,80-47-27-11-28-48-80)81-49-29-12-30-50-81)58-62-92(88)102(91)78-66-95-97-96(67-78)104(99-85(73-41-21-8-22-42-73)53-32-54-86(99)74-43-23-9-24-44-74)94-60-56-76(70-35-15-5-16-36-70)64-90(94)101(97)89-63-75(69-33-13-4-14-34-69)55-59-93(89)103(95)98-83(71-37-17-6-18-38-71)51-31-52-84(98)72-39-19-7-20-40-72/h4-68H,1-3H3. The van der Waals surface area contributed by atoms with E-state index in [1.165, 1.54) is 64.6 Å². The SMILES string of the molecule is CC(C)(C)c1ccc2c(c1)c1cc([Si](c3ccccc3)(c3ccccc3)c3ccccc3)ccc1n2-c1cc2c3c(c1)N(c1c(-c4ccccc4)cccc1-c1ccccc1)c1ccc(-c4ccccc4)cc1B3c1cc(-c3ccccc3)ccc1N2c1c(-c2ccccc2)cccc1-c1ccccc1. The summed E-state index contributed by atoms with van der Waals surface area (Å²) in [7, 11) is -3.03. The Bertz CT molecular complexity index is 5650. The lowest BCUT2D eigenvalue weighted by Crippen LogP contribution is -2.74. The highest BCUT2D eigenvalue weighted by atomic mass is 28.3. The molecule has 1 aromatic heterocycles. The van der Waals surface area contributed by atoms with E-state index in [4.69, 9.17) is 0 Å². The first-order chi connectivity index (χ1) is 51.8. The van der Waals surface area contributed by atoms with E-state index in [-0.39, 0.29) is 12.1 Å². The highest BCUT2D eigenvalue weighted by Crippen LogP contribution is 2.54. The number of para-hydroxylation sites is 2. The predicted molar refractivity (Wildman–Crippen MR) is 450 cm³/mol. The maximum absolute atomic E-state index is 3.03. The topological polar surface area (TPSA) is 11.4 Å². The molecule has 0 saturated heterocycles. The summed E-state index contributed by atoms with van der Waals surface area (Å²) in [5.74, 6) is 0. The third-order valence-electron chi connectivity index (χ3n) is 22.1. The molecule has 0 radical (unpaired) electrons. The monoisotopic (exact) mass is 1360 g/mol. The van der Waals surface area contributed by atoms with Gasteiger partial charge in [-0.3, -0.25) is 0 Å². The molecule has 0 fully saturated rings. The molecule has 0 unspecified atom stereocenters. The van der Waals surface area contributed by atoms with Gasteiger partial charge in [0.15, 0.2) is 8.07 Å². The van der Waals surface area contributed by atoms with Crippen LogP contribution in [0.5, 0.6) is 0 Å². The number of rotatable bonds is 13. The molecule has 5 heteroatoms. The average molecular weight is 1360 g/mol. The Morgan fingerprint density at radius 2 is 0.590 bits per heavy atom. The van der Waals surface area contributed by atoms with Gasteiger partial charge in [-0.2, -0.15) is 0 Å². The fourth-order valence-electron chi connectivity index (χ4n) is 17.3. The lowest BCUT2D eigenvalue weighted by Gasteiger charge is -2.46. The van der Waals surface area contributed by atoms with Crippen LogP contribution in [-0.2, 0) is 5.41 Å². The molecule has 0 spiro atoms. The number of benzene rings is 16. The second-order valence-corrected chi connectivity index (χ2v) is 32.9. The van der Waals surface area contributed by atoms with E-state index in [9.17, 15) is 0 Å². The average Bonchev–Trinajstić information content (AvgIpc) is 1.68. The fraction of sp³-hybridized carbons (Fsp3) is 0.0400. The van der Waals surface area contributed by atoms with Crippen molar-refractivity contribution in [2.45, 2.75) is 26.2 Å². The van der Waals surface area contributed by atoms with Gasteiger partial charge in [-0.15, -0.1) is 0 Å². The van der Waals surface area contributed by atoms with Gasteiger partial charge in [-0.25, -0.2) is 0 Å². The van der Waals surface area contributed by atoms with Crippen molar-refractivity contribution in [2.75, 3.05) is 9.80 Å². The minimum absolute atomic E-state index is 0.143. The highest BCUT2D eigenvalue weighted by Gasteiger charge is 2.47. The maximum Gasteiger partial charge on any atom is 0.252 e. The van der Waals surface area contributed by atoms with Crippen molar-refractivity contribution >= 4 is 108 Å². The van der Waals surface area contributed by atoms with E-state index in [0.29, 0.717) is 0 Å². The maximum atomic E-state index is 2.68. The molecule has 2 aliphatic heterocycles. The van der Waals surface area contributed by atoms with Gasteiger partial charge in [0.05, 0.1) is 28.1 Å². The molecule has 0 N–H and O–H groups in total. The number of hydrogen-bond donors (Lipinski definition) is 0. The molecule has 496 valence electrons. The molecule has 3 heterocycles. The molecular formula is C100H74BN3Si. The number of aromatic nitrogens is 1. The number of fused-ring (bicyclic) bond motifs is 7. The molecule has 17 aromatic rings. The molecule has 0 atom stereocenters. The predicted octanol–water partition coefficient (Wildman–Crippen LogP) is 21.5. The molecule has 3 nitrogen and oxygen atoms in total. The van der Waals surface area contributed by atoms with Gasteiger partial charge < -0.3 is 14.4 Å². The van der Waals surface area contributed by atoms with Crippen LogP contribution in [0.3, 0.4) is 0 Å². The third kappa shape index (κ3) is 10.6. The van der Waals surface area contributed by atoms with Crippen LogP contribution < -0.4 is 46.9 Å². The zero-order chi connectivity index (χ0) is 70.2. The van der Waals surface area contributed by atoms with Gasteiger partial charge >= 0.3 is 0 Å². The Kier molecular flexibility index (Phi) is 15.6. The quantitative estimate of drug-likeness (QED) is 0.0842. The molecule has 0 saturated carbocycles. The number of hydrogen-bond acceptors (Lipinski definition) is 2. The van der Waals surface area contributed by atoms with Crippen LogP contribution in [-0.4, -0.2) is 19.4 Å². The second-order valence-electron chi connectivity index (χ2n) is 29.0. The summed E-state index contributed by atoms with van der Waals surface area (Å²) in [6.45, 7) is 6.78. The molecule has 105 heavy (non-hydrogen) atoms.